The van der Waals surface area contributed by atoms with Crippen LogP contribution < -0.4 is 10.1 Å². The number of hydrogen-bond acceptors (Lipinski definition) is 3. The van der Waals surface area contributed by atoms with Crippen LogP contribution >= 0.6 is 0 Å². The highest BCUT2D eigenvalue weighted by Gasteiger charge is 2.23. The summed E-state index contributed by atoms with van der Waals surface area (Å²) in [6, 6.07) is 5.64. The van der Waals surface area contributed by atoms with Crippen LogP contribution in [-0.4, -0.2) is 38.2 Å². The standard InChI is InChI=1S/C16H25FN2O/c1-12-6-5-10-19(12)11-9-14(18-2)16-13(17)7-4-8-15(16)20-3/h4,7-8,12,14,18H,5-6,9-11H2,1-3H3. The summed E-state index contributed by atoms with van der Waals surface area (Å²) in [5.41, 5.74) is 0.643. The van der Waals surface area contributed by atoms with Gasteiger partial charge in [0.25, 0.3) is 0 Å². The molecule has 4 heteroatoms. The molecule has 20 heavy (non-hydrogen) atoms. The lowest BCUT2D eigenvalue weighted by molar-refractivity contribution is 0.251. The highest BCUT2D eigenvalue weighted by molar-refractivity contribution is 5.37. The Bertz CT molecular complexity index is 438. The summed E-state index contributed by atoms with van der Waals surface area (Å²) in [5.74, 6) is 0.428. The number of rotatable bonds is 6. The first-order chi connectivity index (χ1) is 9.67. The van der Waals surface area contributed by atoms with Gasteiger partial charge in [-0.15, -0.1) is 0 Å². The zero-order valence-corrected chi connectivity index (χ0v) is 12.7. The van der Waals surface area contributed by atoms with Crippen molar-refractivity contribution in [1.29, 1.82) is 0 Å². The van der Waals surface area contributed by atoms with Gasteiger partial charge in [-0.3, -0.25) is 0 Å². The Kier molecular flexibility index (Phi) is 5.38. The van der Waals surface area contributed by atoms with Crippen LogP contribution in [0.25, 0.3) is 0 Å². The van der Waals surface area contributed by atoms with Gasteiger partial charge in [-0.2, -0.15) is 0 Å². The van der Waals surface area contributed by atoms with Crippen LogP contribution in [0.1, 0.15) is 37.8 Å². The Hall–Kier alpha value is -1.13. The summed E-state index contributed by atoms with van der Waals surface area (Å²) < 4.78 is 19.4. The molecule has 1 N–H and O–H groups in total. The van der Waals surface area contributed by atoms with Gasteiger partial charge in [0, 0.05) is 24.2 Å². The minimum Gasteiger partial charge on any atom is -0.496 e. The van der Waals surface area contributed by atoms with Gasteiger partial charge in [0.1, 0.15) is 11.6 Å². The molecule has 1 aliphatic heterocycles. The first kappa shape index (κ1) is 15.3. The fourth-order valence-corrected chi connectivity index (χ4v) is 3.09. The molecule has 1 aromatic carbocycles. The molecular weight excluding hydrogens is 255 g/mol. The highest BCUT2D eigenvalue weighted by Crippen LogP contribution is 2.30. The second-order valence-corrected chi connectivity index (χ2v) is 5.51. The van der Waals surface area contributed by atoms with Crippen LogP contribution in [0.2, 0.25) is 0 Å². The summed E-state index contributed by atoms with van der Waals surface area (Å²) in [6.45, 7) is 4.42. The van der Waals surface area contributed by atoms with Crippen molar-refractivity contribution in [3.63, 3.8) is 0 Å². The Balaban J connectivity index is 2.08. The maximum absolute atomic E-state index is 14.1. The van der Waals surface area contributed by atoms with Crippen molar-refractivity contribution >= 4 is 0 Å². The zero-order valence-electron chi connectivity index (χ0n) is 12.7. The van der Waals surface area contributed by atoms with Crippen molar-refractivity contribution in [2.75, 3.05) is 27.2 Å². The predicted molar refractivity (Wildman–Crippen MR) is 79.6 cm³/mol. The average molecular weight is 280 g/mol. The lowest BCUT2D eigenvalue weighted by Crippen LogP contribution is -2.31. The van der Waals surface area contributed by atoms with Crippen LogP contribution in [0.15, 0.2) is 18.2 Å². The lowest BCUT2D eigenvalue weighted by atomic mass is 10.0. The molecule has 0 aliphatic carbocycles. The van der Waals surface area contributed by atoms with E-state index in [9.17, 15) is 4.39 Å². The molecule has 0 aromatic heterocycles. The van der Waals surface area contributed by atoms with Crippen molar-refractivity contribution < 1.29 is 9.13 Å². The van der Waals surface area contributed by atoms with Gasteiger partial charge in [-0.05, 0) is 51.9 Å². The van der Waals surface area contributed by atoms with Crippen LogP contribution in [0.3, 0.4) is 0 Å². The van der Waals surface area contributed by atoms with E-state index in [1.807, 2.05) is 13.1 Å². The Labute approximate surface area is 121 Å². The molecule has 1 fully saturated rings. The summed E-state index contributed by atoms with van der Waals surface area (Å²) in [5, 5.41) is 3.23. The van der Waals surface area contributed by atoms with E-state index in [1.165, 1.54) is 18.9 Å². The summed E-state index contributed by atoms with van der Waals surface area (Å²) >= 11 is 0. The largest absolute Gasteiger partial charge is 0.496 e. The van der Waals surface area contributed by atoms with E-state index < -0.39 is 0 Å². The minimum absolute atomic E-state index is 0.0149. The third-order valence-corrected chi connectivity index (χ3v) is 4.33. The first-order valence-corrected chi connectivity index (χ1v) is 7.41. The molecule has 1 heterocycles. The van der Waals surface area contributed by atoms with Gasteiger partial charge in [0.15, 0.2) is 0 Å². The number of benzene rings is 1. The number of methoxy groups -OCH3 is 1. The molecule has 1 aromatic rings. The molecule has 112 valence electrons. The summed E-state index contributed by atoms with van der Waals surface area (Å²) in [7, 11) is 3.47. The fraction of sp³-hybridized carbons (Fsp3) is 0.625. The van der Waals surface area contributed by atoms with E-state index in [2.05, 4.69) is 17.1 Å². The van der Waals surface area contributed by atoms with Crippen LogP contribution in [0.4, 0.5) is 4.39 Å². The van der Waals surface area contributed by atoms with Crippen LogP contribution in [0.5, 0.6) is 5.75 Å². The van der Waals surface area contributed by atoms with Gasteiger partial charge in [0.2, 0.25) is 0 Å². The molecule has 0 radical (unpaired) electrons. The van der Waals surface area contributed by atoms with E-state index in [4.69, 9.17) is 4.74 Å². The molecule has 3 nitrogen and oxygen atoms in total. The Morgan fingerprint density at radius 2 is 2.30 bits per heavy atom. The van der Waals surface area contributed by atoms with E-state index in [0.717, 1.165) is 19.5 Å². The molecule has 0 spiro atoms. The van der Waals surface area contributed by atoms with E-state index in [1.54, 1.807) is 13.2 Å². The molecule has 0 bridgehead atoms. The number of nitrogens with one attached hydrogen (secondary N) is 1. The maximum Gasteiger partial charge on any atom is 0.131 e. The number of ether oxygens (including phenoxy) is 1. The third kappa shape index (κ3) is 3.30. The van der Waals surface area contributed by atoms with Gasteiger partial charge in [-0.25, -0.2) is 4.39 Å². The lowest BCUT2D eigenvalue weighted by Gasteiger charge is -2.25. The van der Waals surface area contributed by atoms with E-state index >= 15 is 0 Å². The monoisotopic (exact) mass is 280 g/mol. The topological polar surface area (TPSA) is 24.5 Å². The number of halogens is 1. The fourth-order valence-electron chi connectivity index (χ4n) is 3.09. The van der Waals surface area contributed by atoms with Gasteiger partial charge >= 0.3 is 0 Å². The Morgan fingerprint density at radius 3 is 2.90 bits per heavy atom. The van der Waals surface area contributed by atoms with Crippen molar-refractivity contribution in [3.05, 3.63) is 29.6 Å². The minimum atomic E-state index is -0.196. The van der Waals surface area contributed by atoms with Gasteiger partial charge in [-0.1, -0.05) is 6.07 Å². The second-order valence-electron chi connectivity index (χ2n) is 5.51. The molecule has 2 unspecified atom stereocenters. The highest BCUT2D eigenvalue weighted by atomic mass is 19.1. The molecule has 1 saturated heterocycles. The third-order valence-electron chi connectivity index (χ3n) is 4.33. The molecular formula is C16H25FN2O. The predicted octanol–water partition coefficient (Wildman–Crippen LogP) is 2.97. The normalized spacial score (nSPS) is 21.1. The zero-order chi connectivity index (χ0) is 14.5. The van der Waals surface area contributed by atoms with Gasteiger partial charge in [0.05, 0.1) is 7.11 Å². The molecule has 1 aliphatic rings. The average Bonchev–Trinajstić information content (AvgIpc) is 2.86. The molecule has 0 saturated carbocycles. The van der Waals surface area contributed by atoms with Gasteiger partial charge < -0.3 is 15.0 Å². The smallest absolute Gasteiger partial charge is 0.131 e. The SMILES string of the molecule is CNC(CCN1CCCC1C)c1c(F)cccc1OC. The summed E-state index contributed by atoms with van der Waals surface area (Å²) in [6.07, 6.45) is 3.43. The molecule has 2 atom stereocenters. The van der Waals surface area contributed by atoms with Crippen molar-refractivity contribution in [1.82, 2.24) is 10.2 Å². The maximum atomic E-state index is 14.1. The Morgan fingerprint density at radius 1 is 1.50 bits per heavy atom. The number of nitrogens with zero attached hydrogens (tertiary/aromatic N) is 1. The number of likely N-dealkylation sites (tertiary alicyclic amines) is 1. The molecule has 0 amide bonds. The first-order valence-electron chi connectivity index (χ1n) is 7.41. The van der Waals surface area contributed by atoms with Crippen molar-refractivity contribution in [2.45, 2.75) is 38.3 Å². The van der Waals surface area contributed by atoms with Crippen LogP contribution in [-0.2, 0) is 0 Å². The molecule has 2 rings (SSSR count). The van der Waals surface area contributed by atoms with Crippen LogP contribution in [0, 0.1) is 5.82 Å². The quantitative estimate of drug-likeness (QED) is 0.867. The summed E-state index contributed by atoms with van der Waals surface area (Å²) in [4.78, 5) is 2.48. The second kappa shape index (κ2) is 7.04. The van der Waals surface area contributed by atoms with Crippen molar-refractivity contribution in [3.8, 4) is 5.75 Å². The van der Waals surface area contributed by atoms with E-state index in [-0.39, 0.29) is 11.9 Å². The number of hydrogen-bond donors (Lipinski definition) is 1. The van der Waals surface area contributed by atoms with Crippen molar-refractivity contribution in [2.24, 2.45) is 0 Å². The van der Waals surface area contributed by atoms with E-state index in [0.29, 0.717) is 17.4 Å².